The lowest BCUT2D eigenvalue weighted by atomic mass is 10.1. The Labute approximate surface area is 186 Å². The van der Waals surface area contributed by atoms with E-state index in [1.807, 2.05) is 67.6 Å². The van der Waals surface area contributed by atoms with Gasteiger partial charge in [0.05, 0.1) is 29.1 Å². The number of anilines is 1. The normalized spacial score (nSPS) is 14.7. The molecule has 1 aliphatic rings. The van der Waals surface area contributed by atoms with Crippen LogP contribution in [-0.4, -0.2) is 18.7 Å². The van der Waals surface area contributed by atoms with Crippen molar-refractivity contribution < 1.29 is 14.3 Å². The van der Waals surface area contributed by atoms with Crippen molar-refractivity contribution in [3.63, 3.8) is 0 Å². The van der Waals surface area contributed by atoms with E-state index in [1.54, 1.807) is 25.3 Å². The molecule has 4 rings (SSSR count). The van der Waals surface area contributed by atoms with E-state index in [4.69, 9.17) is 21.1 Å². The number of benzene rings is 3. The SMILES string of the molecule is COc1cc(/C=C2/C(=O)N(c3ccccc3)N=C2C)cc(Cl)c1OCc1ccccc1. The van der Waals surface area contributed by atoms with E-state index >= 15 is 0 Å². The van der Waals surface area contributed by atoms with Crippen molar-refractivity contribution in [2.45, 2.75) is 13.5 Å². The van der Waals surface area contributed by atoms with Crippen LogP contribution in [0.4, 0.5) is 5.69 Å². The van der Waals surface area contributed by atoms with Crippen LogP contribution in [0.15, 0.2) is 83.5 Å². The van der Waals surface area contributed by atoms with Gasteiger partial charge in [0.15, 0.2) is 11.5 Å². The Morgan fingerprint density at radius 3 is 2.39 bits per heavy atom. The van der Waals surface area contributed by atoms with Crippen LogP contribution in [0, 0.1) is 0 Å². The molecule has 156 valence electrons. The zero-order valence-electron chi connectivity index (χ0n) is 17.2. The second-order valence-corrected chi connectivity index (χ2v) is 7.41. The van der Waals surface area contributed by atoms with E-state index in [0.717, 1.165) is 16.8 Å². The summed E-state index contributed by atoms with van der Waals surface area (Å²) in [6.07, 6.45) is 1.76. The first-order valence-electron chi connectivity index (χ1n) is 9.78. The quantitative estimate of drug-likeness (QED) is 0.467. The van der Waals surface area contributed by atoms with Crippen LogP contribution in [-0.2, 0) is 11.4 Å². The molecule has 31 heavy (non-hydrogen) atoms. The summed E-state index contributed by atoms with van der Waals surface area (Å²) in [5.74, 6) is 0.766. The Balaban J connectivity index is 1.60. The lowest BCUT2D eigenvalue weighted by Crippen LogP contribution is -2.21. The van der Waals surface area contributed by atoms with E-state index in [-0.39, 0.29) is 5.91 Å². The molecule has 1 heterocycles. The molecule has 0 N–H and O–H groups in total. The van der Waals surface area contributed by atoms with E-state index in [2.05, 4.69) is 5.10 Å². The summed E-state index contributed by atoms with van der Waals surface area (Å²) in [7, 11) is 1.56. The lowest BCUT2D eigenvalue weighted by molar-refractivity contribution is -0.114. The maximum absolute atomic E-state index is 12.9. The molecular formula is C25H21ClN2O3. The summed E-state index contributed by atoms with van der Waals surface area (Å²) in [4.78, 5) is 12.9. The van der Waals surface area contributed by atoms with Crippen LogP contribution >= 0.6 is 11.6 Å². The minimum atomic E-state index is -0.191. The topological polar surface area (TPSA) is 51.1 Å². The second-order valence-electron chi connectivity index (χ2n) is 7.00. The molecule has 3 aromatic rings. The number of methoxy groups -OCH3 is 1. The summed E-state index contributed by atoms with van der Waals surface area (Å²) in [5.41, 5.74) is 3.60. The summed E-state index contributed by atoms with van der Waals surface area (Å²) in [6, 6.07) is 22.7. The van der Waals surface area contributed by atoms with Gasteiger partial charge in [-0.15, -0.1) is 0 Å². The number of ether oxygens (including phenoxy) is 2. The predicted molar refractivity (Wildman–Crippen MR) is 124 cm³/mol. The molecule has 0 fully saturated rings. The third-order valence-corrected chi connectivity index (χ3v) is 5.13. The average molecular weight is 433 g/mol. The molecule has 0 unspecified atom stereocenters. The van der Waals surface area contributed by atoms with Gasteiger partial charge in [0.2, 0.25) is 0 Å². The van der Waals surface area contributed by atoms with Crippen LogP contribution in [0.25, 0.3) is 6.08 Å². The maximum Gasteiger partial charge on any atom is 0.280 e. The third-order valence-electron chi connectivity index (χ3n) is 4.85. The summed E-state index contributed by atoms with van der Waals surface area (Å²) in [6.45, 7) is 2.18. The predicted octanol–water partition coefficient (Wildman–Crippen LogP) is 5.73. The van der Waals surface area contributed by atoms with Crippen molar-refractivity contribution in [3.05, 3.63) is 94.5 Å². The molecule has 0 saturated heterocycles. The molecular weight excluding hydrogens is 412 g/mol. The van der Waals surface area contributed by atoms with Crippen molar-refractivity contribution in [2.24, 2.45) is 5.10 Å². The van der Waals surface area contributed by atoms with Crippen LogP contribution in [0.3, 0.4) is 0 Å². The van der Waals surface area contributed by atoms with Gasteiger partial charge in [-0.1, -0.05) is 60.1 Å². The maximum atomic E-state index is 12.9. The van der Waals surface area contributed by atoms with Crippen molar-refractivity contribution >= 4 is 35.0 Å². The Morgan fingerprint density at radius 1 is 1.03 bits per heavy atom. The fraction of sp³-hybridized carbons (Fsp3) is 0.120. The number of rotatable bonds is 6. The van der Waals surface area contributed by atoms with Crippen molar-refractivity contribution in [2.75, 3.05) is 12.1 Å². The first kappa shape index (κ1) is 20.7. The lowest BCUT2D eigenvalue weighted by Gasteiger charge is -2.14. The molecule has 1 aliphatic heterocycles. The van der Waals surface area contributed by atoms with Gasteiger partial charge in [-0.25, -0.2) is 0 Å². The first-order valence-corrected chi connectivity index (χ1v) is 10.2. The standard InChI is InChI=1S/C25H21ClN2O3/c1-17-21(25(29)28(27-17)20-11-7-4-8-12-20)13-19-14-22(26)24(23(15-19)30-2)31-16-18-9-5-3-6-10-18/h3-15H,16H2,1-2H3/b21-13+. The number of halogens is 1. The van der Waals surface area contributed by atoms with Gasteiger partial charge in [-0.3, -0.25) is 4.79 Å². The van der Waals surface area contributed by atoms with Crippen LogP contribution in [0.5, 0.6) is 11.5 Å². The van der Waals surface area contributed by atoms with Crippen LogP contribution in [0.1, 0.15) is 18.1 Å². The molecule has 0 spiro atoms. The summed E-state index contributed by atoms with van der Waals surface area (Å²) < 4.78 is 11.4. The van der Waals surface area contributed by atoms with Gasteiger partial charge in [0.25, 0.3) is 5.91 Å². The van der Waals surface area contributed by atoms with Crippen LogP contribution in [0.2, 0.25) is 5.02 Å². The number of carbonyl (C=O) groups excluding carboxylic acids is 1. The number of carbonyl (C=O) groups is 1. The molecule has 1 amide bonds. The highest BCUT2D eigenvalue weighted by Gasteiger charge is 2.28. The number of nitrogens with zero attached hydrogens (tertiary/aromatic N) is 2. The highest BCUT2D eigenvalue weighted by Crippen LogP contribution is 2.38. The Morgan fingerprint density at radius 2 is 1.71 bits per heavy atom. The molecule has 0 atom stereocenters. The average Bonchev–Trinajstić information content (AvgIpc) is 3.07. The highest BCUT2D eigenvalue weighted by molar-refractivity contribution is 6.33. The molecule has 0 saturated carbocycles. The van der Waals surface area contributed by atoms with E-state index in [1.165, 1.54) is 5.01 Å². The Hall–Kier alpha value is -3.57. The zero-order valence-corrected chi connectivity index (χ0v) is 18.0. The van der Waals surface area contributed by atoms with Gasteiger partial charge in [-0.2, -0.15) is 10.1 Å². The van der Waals surface area contributed by atoms with Gasteiger partial charge in [0, 0.05) is 0 Å². The van der Waals surface area contributed by atoms with Crippen molar-refractivity contribution in [3.8, 4) is 11.5 Å². The van der Waals surface area contributed by atoms with Crippen molar-refractivity contribution in [1.82, 2.24) is 0 Å². The third kappa shape index (κ3) is 4.47. The monoisotopic (exact) mass is 432 g/mol. The Kier molecular flexibility index (Phi) is 6.05. The van der Waals surface area contributed by atoms with E-state index < -0.39 is 0 Å². The van der Waals surface area contributed by atoms with E-state index in [9.17, 15) is 4.79 Å². The fourth-order valence-electron chi connectivity index (χ4n) is 3.29. The molecule has 3 aromatic carbocycles. The van der Waals surface area contributed by atoms with Crippen LogP contribution < -0.4 is 14.5 Å². The largest absolute Gasteiger partial charge is 0.493 e. The summed E-state index contributed by atoms with van der Waals surface area (Å²) in [5, 5.41) is 6.21. The van der Waals surface area contributed by atoms with Gasteiger partial charge < -0.3 is 9.47 Å². The minimum Gasteiger partial charge on any atom is -0.493 e. The molecule has 0 radical (unpaired) electrons. The second kappa shape index (κ2) is 9.06. The van der Waals surface area contributed by atoms with Gasteiger partial charge in [0.1, 0.15) is 6.61 Å². The number of hydrogen-bond acceptors (Lipinski definition) is 4. The van der Waals surface area contributed by atoms with Gasteiger partial charge in [-0.05, 0) is 48.4 Å². The van der Waals surface area contributed by atoms with E-state index in [0.29, 0.717) is 34.4 Å². The number of hydrogen-bond donors (Lipinski definition) is 0. The Bertz CT molecular complexity index is 1160. The van der Waals surface area contributed by atoms with Crippen molar-refractivity contribution in [1.29, 1.82) is 0 Å². The number of hydrazone groups is 1. The number of para-hydroxylation sites is 1. The molecule has 0 bridgehead atoms. The summed E-state index contributed by atoms with van der Waals surface area (Å²) >= 11 is 6.50. The zero-order chi connectivity index (χ0) is 21.8. The molecule has 6 heteroatoms. The fourth-order valence-corrected chi connectivity index (χ4v) is 3.56. The smallest absolute Gasteiger partial charge is 0.280 e. The minimum absolute atomic E-state index is 0.191. The first-order chi connectivity index (χ1) is 15.1. The highest BCUT2D eigenvalue weighted by atomic mass is 35.5. The molecule has 0 aliphatic carbocycles. The number of amides is 1. The van der Waals surface area contributed by atoms with Gasteiger partial charge >= 0.3 is 0 Å². The molecule has 5 nitrogen and oxygen atoms in total. The molecule has 0 aromatic heterocycles.